The van der Waals surface area contributed by atoms with E-state index in [9.17, 15) is 9.59 Å². The van der Waals surface area contributed by atoms with Gasteiger partial charge in [0.25, 0.3) is 11.8 Å². The lowest BCUT2D eigenvalue weighted by Crippen LogP contribution is -2.24. The highest BCUT2D eigenvalue weighted by Gasteiger charge is 2.36. The van der Waals surface area contributed by atoms with Crippen LogP contribution in [0.3, 0.4) is 0 Å². The number of rotatable bonds is 7. The zero-order valence-electron chi connectivity index (χ0n) is 20.8. The maximum Gasteiger partial charge on any atom is 0.261 e. The Labute approximate surface area is 227 Å². The summed E-state index contributed by atoms with van der Waals surface area (Å²) < 4.78 is 5.17. The van der Waals surface area contributed by atoms with Crippen LogP contribution in [0.2, 0.25) is 0 Å². The topological polar surface area (TPSA) is 107 Å². The summed E-state index contributed by atoms with van der Waals surface area (Å²) in [6.07, 6.45) is 2.74. The van der Waals surface area contributed by atoms with Crippen molar-refractivity contribution in [3.63, 3.8) is 0 Å². The number of amides is 2. The summed E-state index contributed by atoms with van der Waals surface area (Å²) in [5.74, 6) is 4.60. The SMILES string of the molecule is NNCCCn1nc(C2=C(c3cn(-c4csc5ccccc45)c4ccccc34)C(=O)NC2=O)c2ccccc21. The molecule has 0 aliphatic carbocycles. The number of nitrogens with two attached hydrogens (primary N) is 1. The molecule has 3 aromatic heterocycles. The van der Waals surface area contributed by atoms with Gasteiger partial charge in [-0.1, -0.05) is 54.6 Å². The molecular formula is C30H24N6O2S. The van der Waals surface area contributed by atoms with E-state index in [2.05, 4.69) is 32.8 Å². The van der Waals surface area contributed by atoms with Gasteiger partial charge >= 0.3 is 0 Å². The van der Waals surface area contributed by atoms with Gasteiger partial charge in [0.05, 0.1) is 27.9 Å². The van der Waals surface area contributed by atoms with Crippen LogP contribution >= 0.6 is 11.3 Å². The molecule has 192 valence electrons. The predicted octanol–water partition coefficient (Wildman–Crippen LogP) is 4.62. The second-order valence-corrected chi connectivity index (χ2v) is 10.4. The fourth-order valence-corrected chi connectivity index (χ4v) is 6.42. The number of aromatic nitrogens is 3. The van der Waals surface area contributed by atoms with Gasteiger partial charge in [-0.05, 0) is 24.6 Å². The van der Waals surface area contributed by atoms with Crippen molar-refractivity contribution >= 4 is 66.2 Å². The lowest BCUT2D eigenvalue weighted by atomic mass is 9.97. The van der Waals surface area contributed by atoms with Crippen LogP contribution in [-0.4, -0.2) is 32.7 Å². The Morgan fingerprint density at radius 3 is 2.36 bits per heavy atom. The van der Waals surface area contributed by atoms with Gasteiger partial charge in [0, 0.05) is 51.1 Å². The fourth-order valence-electron chi connectivity index (χ4n) is 5.48. The van der Waals surface area contributed by atoms with Gasteiger partial charge in [0.2, 0.25) is 0 Å². The van der Waals surface area contributed by atoms with Crippen molar-refractivity contribution in [2.24, 2.45) is 5.84 Å². The van der Waals surface area contributed by atoms with Crippen molar-refractivity contribution in [2.75, 3.05) is 6.54 Å². The Morgan fingerprint density at radius 2 is 1.54 bits per heavy atom. The molecule has 1 aliphatic rings. The number of aryl methyl sites for hydroxylation is 1. The Morgan fingerprint density at radius 1 is 0.846 bits per heavy atom. The van der Waals surface area contributed by atoms with Crippen LogP contribution in [0.15, 0.2) is 84.4 Å². The van der Waals surface area contributed by atoms with E-state index in [4.69, 9.17) is 10.9 Å². The molecule has 39 heavy (non-hydrogen) atoms. The van der Waals surface area contributed by atoms with Crippen LogP contribution in [0.1, 0.15) is 17.7 Å². The highest BCUT2D eigenvalue weighted by atomic mass is 32.1. The minimum atomic E-state index is -0.438. The molecule has 8 nitrogen and oxygen atoms in total. The summed E-state index contributed by atoms with van der Waals surface area (Å²) in [7, 11) is 0. The number of thiophene rings is 1. The zero-order valence-corrected chi connectivity index (χ0v) is 21.7. The minimum absolute atomic E-state index is 0.296. The molecule has 4 heterocycles. The van der Waals surface area contributed by atoms with Crippen molar-refractivity contribution in [1.82, 2.24) is 25.1 Å². The first kappa shape index (κ1) is 23.5. The summed E-state index contributed by atoms with van der Waals surface area (Å²) in [5, 5.41) is 12.4. The second-order valence-electron chi connectivity index (χ2n) is 9.48. The Balaban J connectivity index is 1.48. The quantitative estimate of drug-likeness (QED) is 0.120. The van der Waals surface area contributed by atoms with Crippen LogP contribution in [0.4, 0.5) is 0 Å². The lowest BCUT2D eigenvalue weighted by Gasteiger charge is -2.03. The fraction of sp³-hybridized carbons (Fsp3) is 0.100. The number of hydrogen-bond donors (Lipinski definition) is 3. The van der Waals surface area contributed by atoms with Crippen molar-refractivity contribution in [1.29, 1.82) is 0 Å². The largest absolute Gasteiger partial charge is 0.314 e. The summed E-state index contributed by atoms with van der Waals surface area (Å²) in [5.41, 5.74) is 7.40. The molecule has 0 radical (unpaired) electrons. The van der Waals surface area contributed by atoms with Gasteiger partial charge in [-0.25, -0.2) is 0 Å². The monoisotopic (exact) mass is 532 g/mol. The minimum Gasteiger partial charge on any atom is -0.314 e. The van der Waals surface area contributed by atoms with Crippen LogP contribution in [0, 0.1) is 0 Å². The number of carbonyl (C=O) groups excluding carboxylic acids is 2. The van der Waals surface area contributed by atoms with E-state index in [0.717, 1.165) is 39.3 Å². The van der Waals surface area contributed by atoms with E-state index in [-0.39, 0.29) is 0 Å². The maximum absolute atomic E-state index is 13.4. The second kappa shape index (κ2) is 9.32. The number of nitrogens with zero attached hydrogens (tertiary/aromatic N) is 3. The smallest absolute Gasteiger partial charge is 0.261 e. The van der Waals surface area contributed by atoms with Gasteiger partial charge in [0.1, 0.15) is 5.69 Å². The van der Waals surface area contributed by atoms with E-state index in [1.54, 1.807) is 11.3 Å². The van der Waals surface area contributed by atoms with Crippen molar-refractivity contribution in [3.05, 3.63) is 95.6 Å². The van der Waals surface area contributed by atoms with E-state index in [0.29, 0.717) is 35.5 Å². The number of para-hydroxylation sites is 2. The Kier molecular flexibility index (Phi) is 5.62. The number of benzene rings is 3. The molecule has 9 heteroatoms. The van der Waals surface area contributed by atoms with Gasteiger partial charge in [-0.3, -0.25) is 30.9 Å². The number of imide groups is 1. The van der Waals surface area contributed by atoms with Crippen molar-refractivity contribution < 1.29 is 9.59 Å². The van der Waals surface area contributed by atoms with Gasteiger partial charge in [-0.15, -0.1) is 11.3 Å². The first-order valence-corrected chi connectivity index (χ1v) is 13.6. The van der Waals surface area contributed by atoms with Crippen LogP contribution in [0.5, 0.6) is 0 Å². The van der Waals surface area contributed by atoms with Crippen LogP contribution in [-0.2, 0) is 16.1 Å². The predicted molar refractivity (Wildman–Crippen MR) is 155 cm³/mol. The average Bonchev–Trinajstić information content (AvgIpc) is 3.71. The zero-order chi connectivity index (χ0) is 26.5. The number of carbonyl (C=O) groups is 2. The van der Waals surface area contributed by atoms with Gasteiger partial charge < -0.3 is 4.57 Å². The molecule has 0 saturated heterocycles. The molecule has 6 aromatic rings. The molecule has 0 unspecified atom stereocenters. The molecule has 0 bridgehead atoms. The first-order chi connectivity index (χ1) is 19.2. The molecule has 1 aliphatic heterocycles. The van der Waals surface area contributed by atoms with Crippen LogP contribution < -0.4 is 16.6 Å². The summed E-state index contributed by atoms with van der Waals surface area (Å²) in [6, 6.07) is 24.0. The Bertz CT molecular complexity index is 1960. The third-order valence-electron chi connectivity index (χ3n) is 7.22. The van der Waals surface area contributed by atoms with Gasteiger partial charge in [-0.2, -0.15) is 5.10 Å². The maximum atomic E-state index is 13.4. The number of hydrazine groups is 1. The molecule has 0 saturated carbocycles. The molecule has 2 amide bonds. The normalized spacial score (nSPS) is 13.9. The first-order valence-electron chi connectivity index (χ1n) is 12.7. The van der Waals surface area contributed by atoms with Crippen LogP contribution in [0.25, 0.3) is 48.7 Å². The number of fused-ring (bicyclic) bond motifs is 3. The third kappa shape index (κ3) is 3.70. The molecular weight excluding hydrogens is 508 g/mol. The van der Waals surface area contributed by atoms with E-state index < -0.39 is 11.8 Å². The summed E-state index contributed by atoms with van der Waals surface area (Å²) >= 11 is 1.68. The molecule has 3 aromatic carbocycles. The standard InChI is InChI=1S/C30H24N6O2S/c31-32-14-7-15-36-23-12-5-2-10-20(23)28(34-36)27-26(29(37)33-30(27)38)21-16-35(22-11-4-1-8-18(21)22)24-17-39-25-13-6-3-9-19(24)25/h1-6,8-13,16-17,32H,7,14-15,31H2,(H,33,37,38). The number of hydrogen-bond acceptors (Lipinski definition) is 6. The van der Waals surface area contributed by atoms with E-state index >= 15 is 0 Å². The van der Waals surface area contributed by atoms with E-state index in [1.165, 1.54) is 4.70 Å². The summed E-state index contributed by atoms with van der Waals surface area (Å²) in [6.45, 7) is 1.25. The molecule has 0 spiro atoms. The molecule has 0 atom stereocenters. The highest BCUT2D eigenvalue weighted by Crippen LogP contribution is 2.40. The van der Waals surface area contributed by atoms with E-state index in [1.807, 2.05) is 71.5 Å². The molecule has 0 fully saturated rings. The average molecular weight is 533 g/mol. The molecule has 7 rings (SSSR count). The number of nitrogens with one attached hydrogen (secondary N) is 2. The molecule has 4 N–H and O–H groups in total. The van der Waals surface area contributed by atoms with Gasteiger partial charge in [0.15, 0.2) is 0 Å². The third-order valence-corrected chi connectivity index (χ3v) is 8.17. The lowest BCUT2D eigenvalue weighted by molar-refractivity contribution is -0.122. The van der Waals surface area contributed by atoms with Crippen molar-refractivity contribution in [3.8, 4) is 5.69 Å². The summed E-state index contributed by atoms with van der Waals surface area (Å²) in [4.78, 5) is 26.8. The highest BCUT2D eigenvalue weighted by molar-refractivity contribution is 7.17. The Hall–Kier alpha value is -4.57. The van der Waals surface area contributed by atoms with Crippen molar-refractivity contribution in [2.45, 2.75) is 13.0 Å².